The number of alkyl halides is 3. The lowest BCUT2D eigenvalue weighted by Gasteiger charge is -2.15. The Kier molecular flexibility index (Phi) is 4.46. The van der Waals surface area contributed by atoms with E-state index in [0.717, 1.165) is 6.07 Å². The van der Waals surface area contributed by atoms with E-state index in [9.17, 15) is 13.2 Å². The number of nitrogens with two attached hydrogens (primary N) is 1. The van der Waals surface area contributed by atoms with Crippen LogP contribution in [0.4, 0.5) is 18.9 Å². The Morgan fingerprint density at radius 1 is 1.20 bits per heavy atom. The lowest BCUT2D eigenvalue weighted by atomic mass is 9.96. The molecule has 0 aromatic heterocycles. The third-order valence-electron chi connectivity index (χ3n) is 2.00. The highest BCUT2D eigenvalue weighted by molar-refractivity contribution is 5.85. The van der Waals surface area contributed by atoms with Crippen molar-refractivity contribution in [1.82, 2.24) is 0 Å². The van der Waals surface area contributed by atoms with E-state index >= 15 is 0 Å². The topological polar surface area (TPSA) is 26.0 Å². The van der Waals surface area contributed by atoms with E-state index in [0.29, 0.717) is 0 Å². The van der Waals surface area contributed by atoms with Crippen LogP contribution in [0, 0.1) is 0 Å². The van der Waals surface area contributed by atoms with Crippen molar-refractivity contribution in [2.45, 2.75) is 25.9 Å². The second kappa shape index (κ2) is 4.75. The Morgan fingerprint density at radius 3 is 2.13 bits per heavy atom. The number of benzene rings is 1. The molecule has 0 saturated carbocycles. The maximum atomic E-state index is 12.5. The summed E-state index contributed by atoms with van der Waals surface area (Å²) in [5.41, 5.74) is 5.12. The number of rotatable bonds is 1. The molecule has 5 heteroatoms. The smallest absolute Gasteiger partial charge is 0.399 e. The molecule has 0 bridgehead atoms. The molecule has 0 unspecified atom stereocenters. The van der Waals surface area contributed by atoms with Gasteiger partial charge in [-0.25, -0.2) is 0 Å². The van der Waals surface area contributed by atoms with Crippen molar-refractivity contribution in [3.05, 3.63) is 29.3 Å². The van der Waals surface area contributed by atoms with Crippen molar-refractivity contribution >= 4 is 18.1 Å². The molecule has 0 spiro atoms. The number of anilines is 1. The normalized spacial score (nSPS) is 11.3. The molecular formula is C10H13ClF3N. The molecule has 1 aromatic carbocycles. The largest absolute Gasteiger partial charge is 0.416 e. The highest BCUT2D eigenvalue weighted by Gasteiger charge is 2.33. The van der Waals surface area contributed by atoms with Crippen molar-refractivity contribution in [2.24, 2.45) is 0 Å². The first-order valence-corrected chi connectivity index (χ1v) is 4.29. The summed E-state index contributed by atoms with van der Waals surface area (Å²) in [5, 5.41) is 0. The van der Waals surface area contributed by atoms with E-state index in [1.165, 1.54) is 12.1 Å². The molecular weight excluding hydrogens is 227 g/mol. The summed E-state index contributed by atoms with van der Waals surface area (Å²) in [5.74, 6) is -0.160. The van der Waals surface area contributed by atoms with Crippen LogP contribution in [0.3, 0.4) is 0 Å². The van der Waals surface area contributed by atoms with Gasteiger partial charge in [-0.15, -0.1) is 12.4 Å². The highest BCUT2D eigenvalue weighted by atomic mass is 35.5. The highest BCUT2D eigenvalue weighted by Crippen LogP contribution is 2.36. The summed E-state index contributed by atoms with van der Waals surface area (Å²) in [6.07, 6.45) is -4.32. The predicted molar refractivity (Wildman–Crippen MR) is 57.2 cm³/mol. The van der Waals surface area contributed by atoms with Gasteiger partial charge in [-0.05, 0) is 23.6 Å². The van der Waals surface area contributed by atoms with Crippen molar-refractivity contribution in [1.29, 1.82) is 0 Å². The molecule has 0 aliphatic carbocycles. The van der Waals surface area contributed by atoms with E-state index in [1.54, 1.807) is 13.8 Å². The summed E-state index contributed by atoms with van der Waals surface area (Å²) in [7, 11) is 0. The lowest BCUT2D eigenvalue weighted by molar-refractivity contribution is -0.138. The molecule has 0 heterocycles. The minimum Gasteiger partial charge on any atom is -0.399 e. The first-order valence-electron chi connectivity index (χ1n) is 4.29. The van der Waals surface area contributed by atoms with Crippen molar-refractivity contribution in [3.63, 3.8) is 0 Å². The monoisotopic (exact) mass is 239 g/mol. The van der Waals surface area contributed by atoms with E-state index in [-0.39, 0.29) is 29.6 Å². The summed E-state index contributed by atoms with van der Waals surface area (Å²) in [6, 6.07) is 3.91. The molecule has 0 saturated heterocycles. The first kappa shape index (κ1) is 14.1. The number of nitrogen functional groups attached to an aromatic ring is 1. The second-order valence-electron chi connectivity index (χ2n) is 3.50. The Balaban J connectivity index is 0.00000196. The van der Waals surface area contributed by atoms with Gasteiger partial charge >= 0.3 is 6.18 Å². The number of halogens is 4. The van der Waals surface area contributed by atoms with Crippen LogP contribution in [-0.2, 0) is 6.18 Å². The molecule has 1 rings (SSSR count). The molecule has 15 heavy (non-hydrogen) atoms. The zero-order chi connectivity index (χ0) is 10.9. The minimum absolute atomic E-state index is 0. The maximum Gasteiger partial charge on any atom is 0.416 e. The van der Waals surface area contributed by atoms with Gasteiger partial charge in [-0.3, -0.25) is 0 Å². The zero-order valence-corrected chi connectivity index (χ0v) is 9.25. The van der Waals surface area contributed by atoms with Crippen molar-refractivity contribution in [3.8, 4) is 0 Å². The van der Waals surface area contributed by atoms with Gasteiger partial charge in [0, 0.05) is 5.69 Å². The van der Waals surface area contributed by atoms with Crippen molar-refractivity contribution in [2.75, 3.05) is 5.73 Å². The van der Waals surface area contributed by atoms with Crippen LogP contribution in [0.15, 0.2) is 18.2 Å². The van der Waals surface area contributed by atoms with Gasteiger partial charge in [0.1, 0.15) is 0 Å². The number of hydrogen-bond acceptors (Lipinski definition) is 1. The van der Waals surface area contributed by atoms with Gasteiger partial charge in [-0.1, -0.05) is 19.9 Å². The molecule has 0 amide bonds. The van der Waals surface area contributed by atoms with E-state index in [4.69, 9.17) is 5.73 Å². The summed E-state index contributed by atoms with van der Waals surface area (Å²) >= 11 is 0. The molecule has 0 radical (unpaired) electrons. The quantitative estimate of drug-likeness (QED) is 0.741. The molecule has 1 aromatic rings. The fraction of sp³-hybridized carbons (Fsp3) is 0.400. The average molecular weight is 240 g/mol. The Morgan fingerprint density at radius 2 is 1.73 bits per heavy atom. The Hall–Kier alpha value is -0.900. The van der Waals surface area contributed by atoms with Crippen LogP contribution < -0.4 is 5.73 Å². The molecule has 0 aliphatic rings. The van der Waals surface area contributed by atoms with E-state index in [1.807, 2.05) is 0 Å². The van der Waals surface area contributed by atoms with Gasteiger partial charge in [0.25, 0.3) is 0 Å². The summed E-state index contributed by atoms with van der Waals surface area (Å²) in [4.78, 5) is 0. The second-order valence-corrected chi connectivity index (χ2v) is 3.50. The minimum atomic E-state index is -4.32. The van der Waals surface area contributed by atoms with Crippen LogP contribution in [-0.4, -0.2) is 0 Å². The Bertz CT molecular complexity index is 334. The molecule has 0 atom stereocenters. The van der Waals surface area contributed by atoms with Gasteiger partial charge in [0.15, 0.2) is 0 Å². The molecule has 1 nitrogen and oxygen atoms in total. The van der Waals surface area contributed by atoms with Crippen LogP contribution in [0.1, 0.15) is 30.9 Å². The predicted octanol–water partition coefficient (Wildman–Crippen LogP) is 3.83. The summed E-state index contributed by atoms with van der Waals surface area (Å²) in [6.45, 7) is 3.45. The number of hydrogen-bond donors (Lipinski definition) is 1. The van der Waals surface area contributed by atoms with Gasteiger partial charge < -0.3 is 5.73 Å². The average Bonchev–Trinajstić information content (AvgIpc) is 2.01. The third kappa shape index (κ3) is 3.30. The zero-order valence-electron chi connectivity index (χ0n) is 8.43. The van der Waals surface area contributed by atoms with Crippen molar-refractivity contribution < 1.29 is 13.2 Å². The fourth-order valence-electron chi connectivity index (χ4n) is 1.32. The fourth-order valence-corrected chi connectivity index (χ4v) is 1.32. The Labute approximate surface area is 92.9 Å². The summed E-state index contributed by atoms with van der Waals surface area (Å²) < 4.78 is 37.6. The first-order chi connectivity index (χ1) is 6.32. The third-order valence-corrected chi connectivity index (χ3v) is 2.00. The van der Waals surface area contributed by atoms with Gasteiger partial charge in [0.2, 0.25) is 0 Å². The molecule has 86 valence electrons. The van der Waals surface area contributed by atoms with Crippen LogP contribution in [0.2, 0.25) is 0 Å². The van der Waals surface area contributed by atoms with Crippen LogP contribution in [0.25, 0.3) is 0 Å². The van der Waals surface area contributed by atoms with E-state index in [2.05, 4.69) is 0 Å². The lowest BCUT2D eigenvalue weighted by Crippen LogP contribution is -2.10. The SMILES string of the molecule is CC(C)c1ccc(N)cc1C(F)(F)F.Cl. The van der Waals surface area contributed by atoms with Crippen LogP contribution >= 0.6 is 12.4 Å². The van der Waals surface area contributed by atoms with Gasteiger partial charge in [-0.2, -0.15) is 13.2 Å². The van der Waals surface area contributed by atoms with Crippen LogP contribution in [0.5, 0.6) is 0 Å². The molecule has 0 aliphatic heterocycles. The molecule has 0 fully saturated rings. The standard InChI is InChI=1S/C10H12F3N.ClH/c1-6(2)8-4-3-7(14)5-9(8)10(11,12)13;/h3-6H,14H2,1-2H3;1H. The van der Waals surface area contributed by atoms with E-state index < -0.39 is 11.7 Å². The van der Waals surface area contributed by atoms with Gasteiger partial charge in [0.05, 0.1) is 5.56 Å². The molecule has 2 N–H and O–H groups in total. The maximum absolute atomic E-state index is 12.5.